The maximum Gasteiger partial charge on any atom is 0.173 e. The van der Waals surface area contributed by atoms with E-state index in [0.29, 0.717) is 4.47 Å². The van der Waals surface area contributed by atoms with E-state index in [1.54, 1.807) is 18.2 Å². The van der Waals surface area contributed by atoms with Crippen molar-refractivity contribution in [2.24, 2.45) is 0 Å². The monoisotopic (exact) mass is 280 g/mol. The smallest absolute Gasteiger partial charge is 0.173 e. The number of rotatable bonds is 2. The molecule has 1 rings (SSSR count). The van der Waals surface area contributed by atoms with Gasteiger partial charge >= 0.3 is 0 Å². The molecule has 0 atom stereocenters. The molecule has 5 heteroatoms. The summed E-state index contributed by atoms with van der Waals surface area (Å²) in [6, 6.07) is 6.36. The summed E-state index contributed by atoms with van der Waals surface area (Å²) in [4.78, 5) is 0. The van der Waals surface area contributed by atoms with E-state index in [-0.39, 0.29) is 16.9 Å². The Balaban J connectivity index is 3.41. The van der Waals surface area contributed by atoms with E-state index < -0.39 is 5.82 Å². The van der Waals surface area contributed by atoms with Gasteiger partial charge in [0, 0.05) is 10.0 Å². The predicted molar refractivity (Wildman–Crippen MR) is 59.9 cm³/mol. The van der Waals surface area contributed by atoms with E-state index in [2.05, 4.69) is 15.9 Å². The maximum absolute atomic E-state index is 13.7. The third kappa shape index (κ3) is 2.39. The van der Waals surface area contributed by atoms with Crippen LogP contribution in [0.5, 0.6) is 5.75 Å². The molecule has 0 aromatic heterocycles. The summed E-state index contributed by atoms with van der Waals surface area (Å²) in [5, 5.41) is 17.2. The van der Waals surface area contributed by atoms with Gasteiger partial charge in [0.1, 0.15) is 17.7 Å². The van der Waals surface area contributed by atoms with Crippen LogP contribution in [0.2, 0.25) is 0 Å². The Bertz CT molecular complexity index is 510. The zero-order valence-corrected chi connectivity index (χ0v) is 9.88. The van der Waals surface area contributed by atoms with Gasteiger partial charge in [-0.15, -0.1) is 0 Å². The van der Waals surface area contributed by atoms with Crippen LogP contribution < -0.4 is 4.74 Å². The summed E-state index contributed by atoms with van der Waals surface area (Å²) < 4.78 is 19.0. The highest BCUT2D eigenvalue weighted by molar-refractivity contribution is 9.10. The summed E-state index contributed by atoms with van der Waals surface area (Å²) in [5.41, 5.74) is -0.0506. The average Bonchev–Trinajstić information content (AvgIpc) is 2.30. The van der Waals surface area contributed by atoms with Gasteiger partial charge in [0.15, 0.2) is 11.6 Å². The first-order valence-corrected chi connectivity index (χ1v) is 4.97. The molecule has 0 radical (unpaired) electrons. The number of halogens is 2. The van der Waals surface area contributed by atoms with Crippen LogP contribution in [0.15, 0.2) is 22.2 Å². The van der Waals surface area contributed by atoms with E-state index >= 15 is 0 Å². The summed E-state index contributed by atoms with van der Waals surface area (Å²) in [5.74, 6) is -0.551. The van der Waals surface area contributed by atoms with Crippen molar-refractivity contribution in [3.63, 3.8) is 0 Å². The normalized spacial score (nSPS) is 8.81. The Hall–Kier alpha value is -1.85. The standard InChI is InChI=1S/C11H6BrFN2O/c1-16-10-3-2-9(12)8(11(10)13)4-7(5-14)6-15/h2-4H,1H3. The van der Waals surface area contributed by atoms with Crippen molar-refractivity contribution in [2.45, 2.75) is 0 Å². The highest BCUT2D eigenvalue weighted by Gasteiger charge is 2.11. The molecule has 16 heavy (non-hydrogen) atoms. The van der Waals surface area contributed by atoms with Gasteiger partial charge in [0.05, 0.1) is 7.11 Å². The van der Waals surface area contributed by atoms with Gasteiger partial charge < -0.3 is 4.74 Å². The SMILES string of the molecule is COc1ccc(Br)c(C=C(C#N)C#N)c1F. The van der Waals surface area contributed by atoms with Crippen LogP contribution in [-0.4, -0.2) is 7.11 Å². The zero-order valence-electron chi connectivity index (χ0n) is 8.29. The number of ether oxygens (including phenoxy) is 1. The fraction of sp³-hybridized carbons (Fsp3) is 0.0909. The first-order valence-electron chi connectivity index (χ1n) is 4.18. The van der Waals surface area contributed by atoms with Crippen molar-refractivity contribution in [1.82, 2.24) is 0 Å². The maximum atomic E-state index is 13.7. The molecule has 0 aliphatic carbocycles. The minimum absolute atomic E-state index is 0.0599. The van der Waals surface area contributed by atoms with Crippen LogP contribution in [-0.2, 0) is 0 Å². The lowest BCUT2D eigenvalue weighted by Gasteiger charge is -2.06. The number of allylic oxidation sites excluding steroid dienone is 1. The minimum Gasteiger partial charge on any atom is -0.494 e. The molecule has 0 saturated heterocycles. The number of hydrogen-bond donors (Lipinski definition) is 0. The van der Waals surface area contributed by atoms with Crippen LogP contribution in [0.3, 0.4) is 0 Å². The molecule has 0 unspecified atom stereocenters. The summed E-state index contributed by atoms with van der Waals surface area (Å²) in [6.45, 7) is 0. The van der Waals surface area contributed by atoms with E-state index in [0.717, 1.165) is 0 Å². The molecule has 80 valence electrons. The van der Waals surface area contributed by atoms with Crippen LogP contribution in [0.4, 0.5) is 4.39 Å². The molecule has 0 heterocycles. The van der Waals surface area contributed by atoms with Crippen molar-refractivity contribution < 1.29 is 9.13 Å². The molecule has 0 spiro atoms. The topological polar surface area (TPSA) is 56.8 Å². The third-order valence-corrected chi connectivity index (χ3v) is 2.53. The van der Waals surface area contributed by atoms with Crippen molar-refractivity contribution in [1.29, 1.82) is 10.5 Å². The third-order valence-electron chi connectivity index (χ3n) is 1.84. The molecule has 0 N–H and O–H groups in total. The molecule has 0 aliphatic rings. The fourth-order valence-corrected chi connectivity index (χ4v) is 1.49. The highest BCUT2D eigenvalue weighted by Crippen LogP contribution is 2.29. The quantitative estimate of drug-likeness (QED) is 0.783. The Morgan fingerprint density at radius 3 is 2.56 bits per heavy atom. The molecule has 0 aliphatic heterocycles. The van der Waals surface area contributed by atoms with Gasteiger partial charge in [0.2, 0.25) is 0 Å². The molecule has 1 aromatic rings. The number of nitriles is 2. The van der Waals surface area contributed by atoms with Gasteiger partial charge in [-0.2, -0.15) is 10.5 Å². The van der Waals surface area contributed by atoms with Crippen molar-refractivity contribution in [2.75, 3.05) is 7.11 Å². The largest absolute Gasteiger partial charge is 0.494 e. The van der Waals surface area contributed by atoms with Gasteiger partial charge in [-0.3, -0.25) is 0 Å². The van der Waals surface area contributed by atoms with Crippen molar-refractivity contribution in [3.8, 4) is 17.9 Å². The number of methoxy groups -OCH3 is 1. The summed E-state index contributed by atoms with van der Waals surface area (Å²) >= 11 is 3.14. The predicted octanol–water partition coefficient (Wildman–Crippen LogP) is 3.03. The summed E-state index contributed by atoms with van der Waals surface area (Å²) in [6.07, 6.45) is 1.17. The fourth-order valence-electron chi connectivity index (χ4n) is 1.07. The molecule has 1 aromatic carbocycles. The number of benzene rings is 1. The van der Waals surface area contributed by atoms with Crippen molar-refractivity contribution >= 4 is 22.0 Å². The second kappa shape index (κ2) is 5.29. The molecule has 0 amide bonds. The Morgan fingerprint density at radius 1 is 1.44 bits per heavy atom. The van der Waals surface area contributed by atoms with E-state index in [4.69, 9.17) is 15.3 Å². The Morgan fingerprint density at radius 2 is 2.06 bits per heavy atom. The van der Waals surface area contributed by atoms with Crippen LogP contribution in [0, 0.1) is 28.5 Å². The van der Waals surface area contributed by atoms with Gasteiger partial charge in [-0.05, 0) is 18.2 Å². The number of hydrogen-bond acceptors (Lipinski definition) is 3. The lowest BCUT2D eigenvalue weighted by molar-refractivity contribution is 0.386. The molecule has 0 fully saturated rings. The zero-order chi connectivity index (χ0) is 12.1. The first-order chi connectivity index (χ1) is 7.63. The minimum atomic E-state index is -0.611. The van der Waals surface area contributed by atoms with Crippen LogP contribution >= 0.6 is 15.9 Å². The van der Waals surface area contributed by atoms with Crippen LogP contribution in [0.25, 0.3) is 6.08 Å². The Kier molecular flexibility index (Phi) is 4.04. The lowest BCUT2D eigenvalue weighted by Crippen LogP contribution is -1.92. The van der Waals surface area contributed by atoms with E-state index in [9.17, 15) is 4.39 Å². The van der Waals surface area contributed by atoms with Gasteiger partial charge in [-0.1, -0.05) is 15.9 Å². The molecular weight excluding hydrogens is 275 g/mol. The van der Waals surface area contributed by atoms with Gasteiger partial charge in [-0.25, -0.2) is 4.39 Å². The Labute approximate surface area is 100 Å². The molecule has 0 saturated carbocycles. The van der Waals surface area contributed by atoms with E-state index in [1.807, 2.05) is 0 Å². The lowest BCUT2D eigenvalue weighted by atomic mass is 10.1. The first kappa shape index (κ1) is 12.2. The van der Waals surface area contributed by atoms with E-state index in [1.165, 1.54) is 19.3 Å². The van der Waals surface area contributed by atoms with Crippen molar-refractivity contribution in [3.05, 3.63) is 33.6 Å². The van der Waals surface area contributed by atoms with Crippen LogP contribution in [0.1, 0.15) is 5.56 Å². The average molecular weight is 281 g/mol. The van der Waals surface area contributed by atoms with Gasteiger partial charge in [0.25, 0.3) is 0 Å². The highest BCUT2D eigenvalue weighted by atomic mass is 79.9. The second-order valence-electron chi connectivity index (χ2n) is 2.76. The second-order valence-corrected chi connectivity index (χ2v) is 3.61. The number of nitrogens with zero attached hydrogens (tertiary/aromatic N) is 2. The molecule has 0 bridgehead atoms. The molecule has 3 nitrogen and oxygen atoms in total. The summed E-state index contributed by atoms with van der Waals surface area (Å²) in [7, 11) is 1.34. The molecular formula is C11H6BrFN2O.